The quantitative estimate of drug-likeness (QED) is 0.214. The van der Waals surface area contributed by atoms with Gasteiger partial charge in [0.05, 0.1) is 22.4 Å². The number of para-hydroxylation sites is 1. The number of hydrogen-bond donors (Lipinski definition) is 3. The van der Waals surface area contributed by atoms with Crippen LogP contribution in [0.25, 0.3) is 10.9 Å². The lowest BCUT2D eigenvalue weighted by molar-refractivity contribution is -0.142. The Morgan fingerprint density at radius 3 is 2.28 bits per heavy atom. The summed E-state index contributed by atoms with van der Waals surface area (Å²) in [6.07, 6.45) is 12.5. The fraction of sp³-hybridized carbons (Fsp3) is 0.698. The summed E-state index contributed by atoms with van der Waals surface area (Å²) in [6, 6.07) is 5.60. The first-order chi connectivity index (χ1) is 33.8. The molecule has 9 atom stereocenters. The van der Waals surface area contributed by atoms with Crippen molar-refractivity contribution in [3.63, 3.8) is 0 Å². The number of pyridine rings is 1. The van der Waals surface area contributed by atoms with Crippen molar-refractivity contribution in [3.05, 3.63) is 42.5 Å². The van der Waals surface area contributed by atoms with Gasteiger partial charge >= 0.3 is 12.2 Å². The fourth-order valence-corrected chi connectivity index (χ4v) is 13.5. The van der Waals surface area contributed by atoms with Crippen molar-refractivity contribution in [3.8, 4) is 11.6 Å². The van der Waals surface area contributed by atoms with Gasteiger partial charge in [0.25, 0.3) is 5.91 Å². The minimum atomic E-state index is -4.04. The second kappa shape index (κ2) is 19.0. The van der Waals surface area contributed by atoms with E-state index in [1.165, 1.54) is 11.0 Å². The monoisotopic (exact) mass is 1000 g/mol. The molecular weight excluding hydrogens is 929 g/mol. The number of amides is 5. The van der Waals surface area contributed by atoms with Crippen LogP contribution in [0.1, 0.15) is 149 Å². The van der Waals surface area contributed by atoms with Crippen molar-refractivity contribution in [2.45, 2.75) is 208 Å². The molecule has 4 aliphatic carbocycles. The van der Waals surface area contributed by atoms with Gasteiger partial charge in [-0.15, -0.1) is 6.58 Å². The Morgan fingerprint density at radius 2 is 1.61 bits per heavy atom. The molecule has 7 fully saturated rings. The van der Waals surface area contributed by atoms with Gasteiger partial charge in [0, 0.05) is 42.7 Å². The minimum Gasteiger partial charge on any atom is -0.489 e. The van der Waals surface area contributed by atoms with Gasteiger partial charge in [-0.3, -0.25) is 19.1 Å². The highest BCUT2D eigenvalue weighted by atomic mass is 32.2. The van der Waals surface area contributed by atoms with Crippen molar-refractivity contribution < 1.29 is 51.3 Å². The molecule has 8 aliphatic rings. The SMILES string of the molecule is C=CC1C[C@]1(NC(=O)[C@@H]1C[C@@H]2CN1C(=O)[C@H](C1CCCCC1)NC(=O)O[C@@H]1C[C@H]1CCCCCc1c(nc3ccccc3c1OC1CC3CCC(C1)N3C(=O)OC(C)(C)C)O2)C(=O)NS(=O)(=O)C1(C)CC1. The molecule has 1 aromatic carbocycles. The van der Waals surface area contributed by atoms with E-state index in [1.54, 1.807) is 6.92 Å². The lowest BCUT2D eigenvalue weighted by Gasteiger charge is -2.39. The van der Waals surface area contributed by atoms with Crippen molar-refractivity contribution >= 4 is 50.8 Å². The van der Waals surface area contributed by atoms with E-state index in [-0.39, 0.29) is 61.6 Å². The zero-order valence-electron chi connectivity index (χ0n) is 41.8. The fourth-order valence-electron chi connectivity index (χ4n) is 12.2. The molecule has 2 aromatic rings. The van der Waals surface area contributed by atoms with Crippen molar-refractivity contribution in [1.82, 2.24) is 30.1 Å². The molecule has 18 heteroatoms. The number of nitrogens with zero attached hydrogens (tertiary/aromatic N) is 3. The highest BCUT2D eigenvalue weighted by Gasteiger charge is 2.63. The number of fused-ring (bicyclic) bond motifs is 7. The largest absolute Gasteiger partial charge is 0.489 e. The Balaban J connectivity index is 0.983. The van der Waals surface area contributed by atoms with E-state index in [4.69, 9.17) is 23.9 Å². The number of piperidine rings is 1. The van der Waals surface area contributed by atoms with Crippen LogP contribution in [0.3, 0.4) is 0 Å². The molecule has 3 unspecified atom stereocenters. The number of carbonyl (C=O) groups excluding carboxylic acids is 5. The molecule has 386 valence electrons. The maximum absolute atomic E-state index is 15.3. The van der Waals surface area contributed by atoms with Gasteiger partial charge in [0.2, 0.25) is 27.7 Å². The van der Waals surface area contributed by atoms with Crippen LogP contribution in [-0.2, 0) is 40.3 Å². The maximum atomic E-state index is 15.3. The second-order valence-electron chi connectivity index (χ2n) is 23.2. The van der Waals surface area contributed by atoms with Crippen LogP contribution in [0.15, 0.2) is 36.9 Å². The lowest BCUT2D eigenvalue weighted by Crippen LogP contribution is -2.59. The molecule has 0 spiro atoms. The molecule has 5 heterocycles. The molecule has 3 saturated heterocycles. The Labute approximate surface area is 417 Å². The third-order valence-electron chi connectivity index (χ3n) is 16.8. The number of alkyl carbamates (subject to hydrolysis) is 1. The van der Waals surface area contributed by atoms with E-state index < -0.39 is 73.8 Å². The Kier molecular flexibility index (Phi) is 13.3. The molecule has 71 heavy (non-hydrogen) atoms. The molecule has 4 saturated carbocycles. The molecule has 0 radical (unpaired) electrons. The molecule has 10 rings (SSSR count). The van der Waals surface area contributed by atoms with Gasteiger partial charge in [-0.25, -0.2) is 23.0 Å². The van der Waals surface area contributed by atoms with Gasteiger partial charge in [-0.05, 0) is 122 Å². The van der Waals surface area contributed by atoms with E-state index in [9.17, 15) is 27.6 Å². The van der Waals surface area contributed by atoms with Crippen LogP contribution in [0.2, 0.25) is 0 Å². The molecule has 17 nitrogen and oxygen atoms in total. The van der Waals surface area contributed by atoms with Crippen molar-refractivity contribution in [1.29, 1.82) is 0 Å². The van der Waals surface area contributed by atoms with Crippen LogP contribution in [0, 0.1) is 17.8 Å². The van der Waals surface area contributed by atoms with E-state index >= 15 is 4.79 Å². The first kappa shape index (κ1) is 49.4. The summed E-state index contributed by atoms with van der Waals surface area (Å²) in [7, 11) is -4.04. The summed E-state index contributed by atoms with van der Waals surface area (Å²) in [5.41, 5.74) is -0.751. The first-order valence-electron chi connectivity index (χ1n) is 26.4. The summed E-state index contributed by atoms with van der Waals surface area (Å²) < 4.78 is 53.8. The topological polar surface area (TPSA) is 212 Å². The van der Waals surface area contributed by atoms with Crippen LogP contribution < -0.4 is 24.8 Å². The molecule has 4 bridgehead atoms. The minimum absolute atomic E-state index is 0.0204. The number of sulfonamides is 1. The smallest absolute Gasteiger partial charge is 0.410 e. The maximum Gasteiger partial charge on any atom is 0.410 e. The molecular formula is C53H72N6O11S. The summed E-state index contributed by atoms with van der Waals surface area (Å²) in [6.45, 7) is 11.1. The number of rotatable bonds is 9. The predicted molar refractivity (Wildman–Crippen MR) is 263 cm³/mol. The van der Waals surface area contributed by atoms with Crippen LogP contribution in [-0.4, -0.2) is 118 Å². The van der Waals surface area contributed by atoms with E-state index in [0.29, 0.717) is 62.1 Å². The third-order valence-corrected chi connectivity index (χ3v) is 18.9. The van der Waals surface area contributed by atoms with Crippen molar-refractivity contribution in [2.24, 2.45) is 17.8 Å². The summed E-state index contributed by atoms with van der Waals surface area (Å²) in [5.74, 6) is -1.42. The first-order valence-corrected chi connectivity index (χ1v) is 27.9. The van der Waals surface area contributed by atoms with Gasteiger partial charge in [0.1, 0.15) is 47.3 Å². The van der Waals surface area contributed by atoms with E-state index in [2.05, 4.69) is 21.9 Å². The van der Waals surface area contributed by atoms with Crippen LogP contribution >= 0.6 is 0 Å². The number of aromatic nitrogens is 1. The Hall–Kier alpha value is -5.13. The summed E-state index contributed by atoms with van der Waals surface area (Å²) in [5, 5.41) is 6.72. The third kappa shape index (κ3) is 10.2. The molecule has 4 aliphatic heterocycles. The number of nitrogens with one attached hydrogen (secondary N) is 3. The number of carbonyl (C=O) groups is 5. The highest BCUT2D eigenvalue weighted by Crippen LogP contribution is 2.48. The predicted octanol–water partition coefficient (Wildman–Crippen LogP) is 7.13. The zero-order chi connectivity index (χ0) is 50.0. The Morgan fingerprint density at radius 1 is 0.915 bits per heavy atom. The lowest BCUT2D eigenvalue weighted by atomic mass is 9.83. The second-order valence-corrected chi connectivity index (χ2v) is 25.4. The standard InChI is InChI=1S/C53H72N6O11S/c1-6-33-29-53(33,48(62)57-71(65,66)52(5)23-24-52)56-45(60)41-28-37-30-58(41)47(61)43(31-15-9-7-10-16-31)55-49(63)69-42-25-32(42)17-11-8-12-19-39-44(38-18-13-14-20-40(38)54-46(39)68-37)67-36-26-34-21-22-35(27-36)59(34)50(64)70-51(2,3)4/h6,13-14,18,20,31-37,41-43H,1,7-12,15-17,19,21-30H2,2-5H3,(H,55,63)(H,56,60)(H,57,62)/t32-,33?,34?,35?,36?,37-,41+,42-,43+,53-/m1/s1. The zero-order valence-corrected chi connectivity index (χ0v) is 42.6. The van der Waals surface area contributed by atoms with Crippen LogP contribution in [0.5, 0.6) is 11.6 Å². The van der Waals surface area contributed by atoms with E-state index in [0.717, 1.165) is 75.2 Å². The van der Waals surface area contributed by atoms with E-state index in [1.807, 2.05) is 49.9 Å². The molecule has 1 aromatic heterocycles. The normalized spacial score (nSPS) is 32.9. The van der Waals surface area contributed by atoms with Gasteiger partial charge in [0.15, 0.2) is 0 Å². The van der Waals surface area contributed by atoms with Crippen molar-refractivity contribution in [2.75, 3.05) is 6.54 Å². The highest BCUT2D eigenvalue weighted by molar-refractivity contribution is 7.91. The molecule has 5 amide bonds. The van der Waals surface area contributed by atoms with Gasteiger partial charge in [-0.1, -0.05) is 50.3 Å². The number of benzene rings is 1. The Bertz CT molecular complexity index is 2540. The summed E-state index contributed by atoms with van der Waals surface area (Å²) >= 11 is 0. The average molecular weight is 1000 g/mol. The summed E-state index contributed by atoms with van der Waals surface area (Å²) in [4.78, 5) is 79.8. The number of hydrogen-bond acceptors (Lipinski definition) is 12. The van der Waals surface area contributed by atoms with Crippen LogP contribution in [0.4, 0.5) is 9.59 Å². The average Bonchev–Trinajstić information content (AvgIpc) is 4.28. The van der Waals surface area contributed by atoms with Gasteiger partial charge in [-0.2, -0.15) is 0 Å². The molecule has 3 N–H and O–H groups in total. The van der Waals surface area contributed by atoms with Gasteiger partial charge < -0.3 is 39.4 Å². The number of ether oxygens (including phenoxy) is 4.